The predicted molar refractivity (Wildman–Crippen MR) is 136 cm³/mol. The largest absolute Gasteiger partial charge is 0.497 e. The molecule has 0 aliphatic heterocycles. The first-order chi connectivity index (χ1) is 17.5. The summed E-state index contributed by atoms with van der Waals surface area (Å²) in [6.45, 7) is 3.86. The highest BCUT2D eigenvalue weighted by molar-refractivity contribution is 6.00. The second kappa shape index (κ2) is 11.1. The molecule has 4 rings (SSSR count). The third-order valence-electron chi connectivity index (χ3n) is 5.20. The number of hydrogen-bond donors (Lipinski definition) is 2. The Bertz CT molecular complexity index is 1360. The molecule has 4 aromatic rings. The Labute approximate surface area is 208 Å². The minimum absolute atomic E-state index is 0.374. The van der Waals surface area contributed by atoms with Crippen LogP contribution in [-0.2, 0) is 6.42 Å². The second-order valence-corrected chi connectivity index (χ2v) is 7.70. The Kier molecular flexibility index (Phi) is 7.54. The number of carbonyl (C=O) groups excluding carboxylic acids is 1. The number of rotatable bonds is 8. The van der Waals surface area contributed by atoms with E-state index in [9.17, 15) is 4.79 Å². The molecule has 2 amide bonds. The fraction of sp³-hybridized carbons (Fsp3) is 0.192. The summed E-state index contributed by atoms with van der Waals surface area (Å²) in [5.41, 5.74) is 2.59. The van der Waals surface area contributed by atoms with Gasteiger partial charge in [0, 0.05) is 42.2 Å². The van der Waals surface area contributed by atoms with Crippen LogP contribution in [-0.4, -0.2) is 40.2 Å². The van der Waals surface area contributed by atoms with Crippen molar-refractivity contribution in [3.8, 4) is 34.5 Å². The van der Waals surface area contributed by atoms with Gasteiger partial charge in [-0.25, -0.2) is 24.7 Å². The number of aryl methyl sites for hydroxylation is 2. The van der Waals surface area contributed by atoms with Crippen LogP contribution >= 0.6 is 0 Å². The molecule has 0 saturated heterocycles. The zero-order chi connectivity index (χ0) is 25.5. The summed E-state index contributed by atoms with van der Waals surface area (Å²) in [5, 5.41) is 5.60. The molecule has 0 aliphatic rings. The monoisotopic (exact) mass is 486 g/mol. The summed E-state index contributed by atoms with van der Waals surface area (Å²) in [6.07, 6.45) is 3.82. The molecule has 2 aromatic heterocycles. The Hall–Kier alpha value is -4.73. The van der Waals surface area contributed by atoms with E-state index in [1.54, 1.807) is 56.8 Å². The lowest BCUT2D eigenvalue weighted by Gasteiger charge is -2.14. The molecule has 2 aromatic carbocycles. The van der Waals surface area contributed by atoms with E-state index in [0.29, 0.717) is 58.1 Å². The van der Waals surface area contributed by atoms with E-state index in [1.165, 1.54) is 6.33 Å². The second-order valence-electron chi connectivity index (χ2n) is 7.70. The number of anilines is 2. The normalized spacial score (nSPS) is 10.4. The first-order valence-corrected chi connectivity index (χ1v) is 11.2. The van der Waals surface area contributed by atoms with Gasteiger partial charge in [0.2, 0.25) is 5.88 Å². The van der Waals surface area contributed by atoms with Gasteiger partial charge in [0.25, 0.3) is 0 Å². The number of methoxy groups -OCH3 is 2. The fourth-order valence-electron chi connectivity index (χ4n) is 3.39. The summed E-state index contributed by atoms with van der Waals surface area (Å²) in [5.74, 6) is 3.28. The zero-order valence-electron chi connectivity index (χ0n) is 20.4. The standard InChI is InChI=1S/C26H26N6O4/c1-5-23-28-15-29-24(32-23)21-7-6-10-27-25(21)36-22-9-8-17(11-16(22)2)30-26(33)31-18-12-19(34-3)14-20(13-18)35-4/h6-15H,5H2,1-4H3,(H2,30,31,33). The number of nitrogens with zero attached hydrogens (tertiary/aromatic N) is 4. The van der Waals surface area contributed by atoms with Crippen LogP contribution in [0.3, 0.4) is 0 Å². The van der Waals surface area contributed by atoms with Crippen molar-refractivity contribution < 1.29 is 19.0 Å². The van der Waals surface area contributed by atoms with Crippen molar-refractivity contribution in [3.05, 3.63) is 72.4 Å². The van der Waals surface area contributed by atoms with E-state index in [4.69, 9.17) is 14.2 Å². The minimum atomic E-state index is -0.410. The van der Waals surface area contributed by atoms with Crippen molar-refractivity contribution in [1.29, 1.82) is 0 Å². The van der Waals surface area contributed by atoms with E-state index in [0.717, 1.165) is 5.56 Å². The molecule has 0 bridgehead atoms. The Morgan fingerprint density at radius 2 is 1.67 bits per heavy atom. The van der Waals surface area contributed by atoms with Crippen LogP contribution in [0.2, 0.25) is 0 Å². The van der Waals surface area contributed by atoms with Gasteiger partial charge in [-0.2, -0.15) is 0 Å². The van der Waals surface area contributed by atoms with Gasteiger partial charge < -0.3 is 24.8 Å². The van der Waals surface area contributed by atoms with Crippen LogP contribution in [0.25, 0.3) is 11.4 Å². The van der Waals surface area contributed by atoms with Crippen molar-refractivity contribution in [2.45, 2.75) is 20.3 Å². The zero-order valence-corrected chi connectivity index (χ0v) is 20.4. The van der Waals surface area contributed by atoms with Gasteiger partial charge in [0.15, 0.2) is 5.82 Å². The van der Waals surface area contributed by atoms with E-state index >= 15 is 0 Å². The SMILES string of the molecule is CCc1ncnc(-c2cccnc2Oc2ccc(NC(=O)Nc3cc(OC)cc(OC)c3)cc2C)n1. The summed E-state index contributed by atoms with van der Waals surface area (Å²) in [4.78, 5) is 29.8. The van der Waals surface area contributed by atoms with E-state index in [-0.39, 0.29) is 0 Å². The summed E-state index contributed by atoms with van der Waals surface area (Å²) >= 11 is 0. The molecular weight excluding hydrogens is 460 g/mol. The van der Waals surface area contributed by atoms with Gasteiger partial charge in [0.1, 0.15) is 29.4 Å². The first kappa shape index (κ1) is 24.4. The van der Waals surface area contributed by atoms with Gasteiger partial charge in [-0.3, -0.25) is 0 Å². The van der Waals surface area contributed by atoms with Crippen LogP contribution < -0.4 is 24.8 Å². The lowest BCUT2D eigenvalue weighted by molar-refractivity contribution is 0.262. The highest BCUT2D eigenvalue weighted by atomic mass is 16.5. The van der Waals surface area contributed by atoms with Crippen LogP contribution in [0.5, 0.6) is 23.1 Å². The molecule has 0 atom stereocenters. The Balaban J connectivity index is 1.48. The molecule has 184 valence electrons. The van der Waals surface area contributed by atoms with Gasteiger partial charge in [-0.05, 0) is 42.8 Å². The Morgan fingerprint density at radius 3 is 2.36 bits per heavy atom. The first-order valence-electron chi connectivity index (χ1n) is 11.2. The third kappa shape index (κ3) is 5.84. The molecule has 0 radical (unpaired) electrons. The van der Waals surface area contributed by atoms with Crippen molar-refractivity contribution >= 4 is 17.4 Å². The topological polar surface area (TPSA) is 120 Å². The maximum absolute atomic E-state index is 12.6. The number of carbonyl (C=O) groups is 1. The van der Waals surface area contributed by atoms with Crippen molar-refractivity contribution in [1.82, 2.24) is 19.9 Å². The van der Waals surface area contributed by atoms with Gasteiger partial charge in [-0.1, -0.05) is 6.92 Å². The maximum Gasteiger partial charge on any atom is 0.323 e. The molecule has 0 aliphatic carbocycles. The van der Waals surface area contributed by atoms with Gasteiger partial charge in [0.05, 0.1) is 19.8 Å². The number of pyridine rings is 1. The highest BCUT2D eigenvalue weighted by Crippen LogP contribution is 2.32. The molecule has 10 heteroatoms. The lowest BCUT2D eigenvalue weighted by Crippen LogP contribution is -2.19. The molecule has 0 unspecified atom stereocenters. The number of benzene rings is 2. The number of nitrogens with one attached hydrogen (secondary N) is 2. The molecule has 2 N–H and O–H groups in total. The molecule has 0 saturated carbocycles. The molecule has 0 fully saturated rings. The fourth-order valence-corrected chi connectivity index (χ4v) is 3.39. The Morgan fingerprint density at radius 1 is 0.917 bits per heavy atom. The maximum atomic E-state index is 12.6. The van der Waals surface area contributed by atoms with Crippen molar-refractivity contribution in [3.63, 3.8) is 0 Å². The number of urea groups is 1. The summed E-state index contributed by atoms with van der Waals surface area (Å²) < 4.78 is 16.6. The third-order valence-corrected chi connectivity index (χ3v) is 5.20. The molecular formula is C26H26N6O4. The molecule has 10 nitrogen and oxygen atoms in total. The van der Waals surface area contributed by atoms with Crippen LogP contribution in [0.15, 0.2) is 61.1 Å². The van der Waals surface area contributed by atoms with Crippen LogP contribution in [0.4, 0.5) is 16.2 Å². The van der Waals surface area contributed by atoms with Crippen molar-refractivity contribution in [2.24, 2.45) is 0 Å². The van der Waals surface area contributed by atoms with Crippen LogP contribution in [0, 0.1) is 6.92 Å². The van der Waals surface area contributed by atoms with Crippen LogP contribution in [0.1, 0.15) is 18.3 Å². The number of hydrogen-bond acceptors (Lipinski definition) is 8. The van der Waals surface area contributed by atoms with Crippen molar-refractivity contribution in [2.75, 3.05) is 24.9 Å². The number of aromatic nitrogens is 4. The lowest BCUT2D eigenvalue weighted by atomic mass is 10.2. The minimum Gasteiger partial charge on any atom is -0.497 e. The average molecular weight is 487 g/mol. The van der Waals surface area contributed by atoms with Gasteiger partial charge >= 0.3 is 6.03 Å². The highest BCUT2D eigenvalue weighted by Gasteiger charge is 2.14. The van der Waals surface area contributed by atoms with E-state index < -0.39 is 6.03 Å². The number of ether oxygens (including phenoxy) is 3. The predicted octanol–water partition coefficient (Wildman–Crippen LogP) is 5.26. The molecule has 2 heterocycles. The quantitative estimate of drug-likeness (QED) is 0.346. The summed E-state index contributed by atoms with van der Waals surface area (Å²) in [6, 6.07) is 13.7. The van der Waals surface area contributed by atoms with E-state index in [2.05, 4.69) is 30.6 Å². The number of amides is 2. The average Bonchev–Trinajstić information content (AvgIpc) is 2.90. The molecule has 0 spiro atoms. The molecule has 36 heavy (non-hydrogen) atoms. The summed E-state index contributed by atoms with van der Waals surface area (Å²) in [7, 11) is 3.09. The van der Waals surface area contributed by atoms with E-state index in [1.807, 2.05) is 26.0 Å². The van der Waals surface area contributed by atoms with Gasteiger partial charge in [-0.15, -0.1) is 0 Å². The smallest absolute Gasteiger partial charge is 0.323 e.